The summed E-state index contributed by atoms with van der Waals surface area (Å²) < 4.78 is 5.35. The highest BCUT2D eigenvalue weighted by Crippen LogP contribution is 2.31. The molecular weight excluding hydrogens is 278 g/mol. The van der Waals surface area contributed by atoms with E-state index in [2.05, 4.69) is 42.6 Å². The van der Waals surface area contributed by atoms with E-state index in [1.807, 2.05) is 0 Å². The Bertz CT molecular complexity index is 582. The van der Waals surface area contributed by atoms with Crippen LogP contribution in [0, 0.1) is 0 Å². The average Bonchev–Trinajstić information content (AvgIpc) is 2.56. The third kappa shape index (κ3) is 2.74. The van der Waals surface area contributed by atoms with Gasteiger partial charge >= 0.3 is 6.03 Å². The molecule has 5 heteroatoms. The van der Waals surface area contributed by atoms with Crippen molar-refractivity contribution in [1.29, 1.82) is 0 Å². The first kappa shape index (κ1) is 15.1. The highest BCUT2D eigenvalue weighted by atomic mass is 16.5. The third-order valence-electron chi connectivity index (χ3n) is 4.68. The maximum atomic E-state index is 11.8. The highest BCUT2D eigenvalue weighted by molar-refractivity contribution is 5.74. The summed E-state index contributed by atoms with van der Waals surface area (Å²) >= 11 is 0. The van der Waals surface area contributed by atoms with Crippen LogP contribution in [0.25, 0.3) is 5.57 Å². The molecule has 2 aliphatic heterocycles. The van der Waals surface area contributed by atoms with E-state index in [1.54, 1.807) is 4.90 Å². The number of urea groups is 1. The monoisotopic (exact) mass is 301 g/mol. The summed E-state index contributed by atoms with van der Waals surface area (Å²) in [5, 5.41) is 3.36. The minimum Gasteiger partial charge on any atom is -0.377 e. The van der Waals surface area contributed by atoms with Gasteiger partial charge in [-0.2, -0.15) is 0 Å². The number of ether oxygens (including phenoxy) is 1. The van der Waals surface area contributed by atoms with Crippen LogP contribution in [0.1, 0.15) is 24.5 Å². The van der Waals surface area contributed by atoms with Crippen molar-refractivity contribution in [2.45, 2.75) is 18.9 Å². The Labute approximate surface area is 131 Å². The molecule has 0 aromatic heterocycles. The number of rotatable bonds is 2. The number of nitrogens with two attached hydrogens (primary N) is 1. The minimum atomic E-state index is -0.396. The van der Waals surface area contributed by atoms with Crippen LogP contribution in [0.15, 0.2) is 30.3 Å². The summed E-state index contributed by atoms with van der Waals surface area (Å²) in [5.41, 5.74) is 8.83. The summed E-state index contributed by atoms with van der Waals surface area (Å²) in [6, 6.07) is 8.11. The van der Waals surface area contributed by atoms with E-state index in [0.717, 1.165) is 25.1 Å². The molecule has 1 saturated heterocycles. The first-order valence-corrected chi connectivity index (χ1v) is 7.77. The third-order valence-corrected chi connectivity index (χ3v) is 4.68. The number of amides is 2. The fourth-order valence-corrected chi connectivity index (χ4v) is 3.31. The number of nitrogens with one attached hydrogen (secondary N) is 1. The summed E-state index contributed by atoms with van der Waals surface area (Å²) in [7, 11) is 0. The van der Waals surface area contributed by atoms with Crippen molar-refractivity contribution in [3.05, 3.63) is 41.5 Å². The lowest BCUT2D eigenvalue weighted by Gasteiger charge is -2.44. The molecule has 2 amide bonds. The fraction of sp³-hybridized carbons (Fsp3) is 0.471. The normalized spacial score (nSPS) is 25.7. The smallest absolute Gasteiger partial charge is 0.315 e. The van der Waals surface area contributed by atoms with Gasteiger partial charge in [-0.1, -0.05) is 30.3 Å². The van der Waals surface area contributed by atoms with Crippen LogP contribution in [0.2, 0.25) is 0 Å². The van der Waals surface area contributed by atoms with Gasteiger partial charge in [0.2, 0.25) is 0 Å². The Morgan fingerprint density at radius 1 is 1.36 bits per heavy atom. The van der Waals surface area contributed by atoms with Gasteiger partial charge in [0.05, 0.1) is 18.8 Å². The number of carbonyl (C=O) groups is 1. The van der Waals surface area contributed by atoms with E-state index in [-0.39, 0.29) is 6.03 Å². The van der Waals surface area contributed by atoms with Gasteiger partial charge in [0.1, 0.15) is 0 Å². The maximum Gasteiger partial charge on any atom is 0.315 e. The summed E-state index contributed by atoms with van der Waals surface area (Å²) in [5.74, 6) is 0. The molecular formula is C17H23N3O2. The molecule has 2 heterocycles. The van der Waals surface area contributed by atoms with Crippen LogP contribution in [0.5, 0.6) is 0 Å². The first-order chi connectivity index (χ1) is 10.6. The summed E-state index contributed by atoms with van der Waals surface area (Å²) in [6.07, 6.45) is 3.09. The molecule has 1 fully saturated rings. The zero-order valence-electron chi connectivity index (χ0n) is 13.0. The van der Waals surface area contributed by atoms with Gasteiger partial charge in [-0.05, 0) is 30.0 Å². The van der Waals surface area contributed by atoms with Crippen molar-refractivity contribution in [2.24, 2.45) is 5.73 Å². The largest absolute Gasteiger partial charge is 0.377 e. The molecule has 118 valence electrons. The first-order valence-electron chi connectivity index (χ1n) is 7.77. The van der Waals surface area contributed by atoms with Gasteiger partial charge in [0, 0.05) is 19.6 Å². The molecule has 0 radical (unpaired) electrons. The molecule has 3 rings (SSSR count). The van der Waals surface area contributed by atoms with E-state index >= 15 is 0 Å². The van der Waals surface area contributed by atoms with Gasteiger partial charge in [0.15, 0.2) is 0 Å². The van der Waals surface area contributed by atoms with Crippen molar-refractivity contribution < 1.29 is 9.53 Å². The lowest BCUT2D eigenvalue weighted by Crippen LogP contribution is -2.60. The Balaban J connectivity index is 1.87. The number of benzene rings is 1. The van der Waals surface area contributed by atoms with Gasteiger partial charge in [-0.3, -0.25) is 0 Å². The van der Waals surface area contributed by atoms with E-state index < -0.39 is 5.54 Å². The molecule has 0 saturated carbocycles. The molecule has 1 unspecified atom stereocenters. The second kappa shape index (κ2) is 6.10. The van der Waals surface area contributed by atoms with E-state index in [4.69, 9.17) is 10.5 Å². The zero-order chi connectivity index (χ0) is 15.6. The van der Waals surface area contributed by atoms with Crippen LogP contribution in [0.3, 0.4) is 0 Å². The number of nitrogens with zero attached hydrogens (tertiary/aromatic N) is 1. The second-order valence-corrected chi connectivity index (χ2v) is 6.07. The number of hydrogen-bond acceptors (Lipinski definition) is 3. The minimum absolute atomic E-state index is 0.361. The van der Waals surface area contributed by atoms with Crippen LogP contribution >= 0.6 is 0 Å². The zero-order valence-corrected chi connectivity index (χ0v) is 13.0. The average molecular weight is 301 g/mol. The highest BCUT2D eigenvalue weighted by Gasteiger charge is 2.38. The van der Waals surface area contributed by atoms with Crippen molar-refractivity contribution in [1.82, 2.24) is 10.2 Å². The molecule has 0 bridgehead atoms. The Kier molecular flexibility index (Phi) is 4.18. The number of primary amides is 1. The summed E-state index contributed by atoms with van der Waals surface area (Å²) in [4.78, 5) is 13.5. The van der Waals surface area contributed by atoms with E-state index in [1.165, 1.54) is 11.1 Å². The lowest BCUT2D eigenvalue weighted by atomic mass is 9.87. The number of hydrogen-bond donors (Lipinski definition) is 2. The molecule has 5 nitrogen and oxygen atoms in total. The standard InChI is InChI=1S/C17H23N3O2/c1-17(12-19-8-9-20(17)16(18)21)15-4-2-13(3-5-15)14-6-10-22-11-7-14/h2-6,19H,7-12H2,1H3,(H2,18,21). The van der Waals surface area contributed by atoms with Crippen molar-refractivity contribution in [3.8, 4) is 0 Å². The molecule has 22 heavy (non-hydrogen) atoms. The maximum absolute atomic E-state index is 11.8. The fourth-order valence-electron chi connectivity index (χ4n) is 3.31. The Morgan fingerprint density at radius 2 is 2.14 bits per heavy atom. The molecule has 3 N–H and O–H groups in total. The van der Waals surface area contributed by atoms with Gasteiger partial charge in [-0.25, -0.2) is 4.79 Å². The van der Waals surface area contributed by atoms with Crippen LogP contribution in [0.4, 0.5) is 4.79 Å². The Morgan fingerprint density at radius 3 is 2.77 bits per heavy atom. The lowest BCUT2D eigenvalue weighted by molar-refractivity contribution is 0.106. The quantitative estimate of drug-likeness (QED) is 0.873. The van der Waals surface area contributed by atoms with Gasteiger partial charge in [0.25, 0.3) is 0 Å². The molecule has 1 aromatic rings. The van der Waals surface area contributed by atoms with Crippen LogP contribution < -0.4 is 11.1 Å². The molecule has 0 aliphatic carbocycles. The van der Waals surface area contributed by atoms with Crippen molar-refractivity contribution in [3.63, 3.8) is 0 Å². The molecule has 1 atom stereocenters. The predicted octanol–water partition coefficient (Wildman–Crippen LogP) is 1.69. The predicted molar refractivity (Wildman–Crippen MR) is 86.4 cm³/mol. The molecule has 0 spiro atoms. The number of piperazine rings is 1. The van der Waals surface area contributed by atoms with Crippen LogP contribution in [-0.4, -0.2) is 43.8 Å². The number of carbonyl (C=O) groups excluding carboxylic acids is 1. The molecule has 1 aromatic carbocycles. The van der Waals surface area contributed by atoms with E-state index in [0.29, 0.717) is 19.7 Å². The SMILES string of the molecule is CC1(c2ccc(C3=CCOCC3)cc2)CNCCN1C(N)=O. The van der Waals surface area contributed by atoms with Crippen molar-refractivity contribution >= 4 is 11.6 Å². The molecule has 2 aliphatic rings. The Hall–Kier alpha value is -1.85. The second-order valence-electron chi connectivity index (χ2n) is 6.07. The topological polar surface area (TPSA) is 67.6 Å². The van der Waals surface area contributed by atoms with E-state index in [9.17, 15) is 4.79 Å². The van der Waals surface area contributed by atoms with Gasteiger partial charge in [-0.15, -0.1) is 0 Å². The van der Waals surface area contributed by atoms with Gasteiger partial charge < -0.3 is 20.7 Å². The van der Waals surface area contributed by atoms with Crippen LogP contribution in [-0.2, 0) is 10.3 Å². The van der Waals surface area contributed by atoms with Crippen molar-refractivity contribution in [2.75, 3.05) is 32.8 Å². The summed E-state index contributed by atoms with van der Waals surface area (Å²) in [6.45, 7) is 5.66.